The average molecular weight is 344 g/mol. The molecule has 0 aromatic heterocycles. The van der Waals surface area contributed by atoms with Gasteiger partial charge in [-0.3, -0.25) is 9.59 Å². The summed E-state index contributed by atoms with van der Waals surface area (Å²) in [5, 5.41) is 3.21. The monoisotopic (exact) mass is 344 g/mol. The fourth-order valence-electron chi connectivity index (χ4n) is 3.42. The lowest BCUT2D eigenvalue weighted by Crippen LogP contribution is -2.49. The molecule has 2 heterocycles. The van der Waals surface area contributed by atoms with Gasteiger partial charge in [-0.25, -0.2) is 0 Å². The fourth-order valence-corrected chi connectivity index (χ4v) is 3.42. The van der Waals surface area contributed by atoms with Crippen molar-refractivity contribution in [2.24, 2.45) is 5.92 Å². The molecule has 0 bridgehead atoms. The van der Waals surface area contributed by atoms with E-state index in [2.05, 4.69) is 29.3 Å². The number of hydrogen-bond donors (Lipinski definition) is 1. The minimum atomic E-state index is 0.0830. The first kappa shape index (κ1) is 17.6. The fraction of sp³-hybridized carbons (Fsp3) is 0.579. The van der Waals surface area contributed by atoms with Gasteiger partial charge >= 0.3 is 0 Å². The number of carbonyl (C=O) groups is 2. The van der Waals surface area contributed by atoms with E-state index in [-0.39, 0.29) is 5.91 Å². The Morgan fingerprint density at radius 1 is 1.08 bits per heavy atom. The summed E-state index contributed by atoms with van der Waals surface area (Å²) in [7, 11) is 0. The number of nitrogens with zero attached hydrogens (tertiary/aromatic N) is 3. The molecule has 6 nitrogen and oxygen atoms in total. The third-order valence-corrected chi connectivity index (χ3v) is 5.28. The maximum Gasteiger partial charge on any atom is 0.241 e. The van der Waals surface area contributed by atoms with Crippen molar-refractivity contribution in [1.82, 2.24) is 9.80 Å². The SMILES string of the molecule is CC1CCN(c2ccc(NCC(=O)N3CCN(C=O)CC3)cc2)CC1. The summed E-state index contributed by atoms with van der Waals surface area (Å²) in [4.78, 5) is 28.9. The second-order valence-electron chi connectivity index (χ2n) is 7.09. The van der Waals surface area contributed by atoms with Crippen molar-refractivity contribution in [3.63, 3.8) is 0 Å². The Morgan fingerprint density at radius 2 is 1.72 bits per heavy atom. The molecule has 0 saturated carbocycles. The third-order valence-electron chi connectivity index (χ3n) is 5.28. The molecule has 1 aromatic carbocycles. The first-order chi connectivity index (χ1) is 12.2. The van der Waals surface area contributed by atoms with Crippen LogP contribution in [0.15, 0.2) is 24.3 Å². The molecule has 0 atom stereocenters. The van der Waals surface area contributed by atoms with Crippen LogP contribution in [0.3, 0.4) is 0 Å². The van der Waals surface area contributed by atoms with Crippen LogP contribution in [0, 0.1) is 5.92 Å². The summed E-state index contributed by atoms with van der Waals surface area (Å²) in [6, 6.07) is 8.35. The van der Waals surface area contributed by atoms with E-state index in [0.29, 0.717) is 32.7 Å². The van der Waals surface area contributed by atoms with E-state index in [1.807, 2.05) is 17.0 Å². The minimum Gasteiger partial charge on any atom is -0.376 e. The maximum absolute atomic E-state index is 12.3. The molecule has 2 aliphatic rings. The summed E-state index contributed by atoms with van der Waals surface area (Å²) in [5.41, 5.74) is 2.22. The second-order valence-corrected chi connectivity index (χ2v) is 7.09. The topological polar surface area (TPSA) is 55.9 Å². The smallest absolute Gasteiger partial charge is 0.241 e. The first-order valence-electron chi connectivity index (χ1n) is 9.21. The lowest BCUT2D eigenvalue weighted by Gasteiger charge is -2.33. The number of carbonyl (C=O) groups excluding carboxylic acids is 2. The lowest BCUT2D eigenvalue weighted by atomic mass is 9.99. The van der Waals surface area contributed by atoms with Gasteiger partial charge in [-0.15, -0.1) is 0 Å². The predicted molar refractivity (Wildman–Crippen MR) is 99.8 cm³/mol. The molecule has 2 fully saturated rings. The number of amides is 2. The van der Waals surface area contributed by atoms with Gasteiger partial charge in [0.05, 0.1) is 6.54 Å². The molecule has 0 unspecified atom stereocenters. The van der Waals surface area contributed by atoms with Crippen LogP contribution < -0.4 is 10.2 Å². The lowest BCUT2D eigenvalue weighted by molar-refractivity contribution is -0.133. The number of hydrogen-bond acceptors (Lipinski definition) is 4. The molecular formula is C19H28N4O2. The van der Waals surface area contributed by atoms with Crippen molar-refractivity contribution in [3.8, 4) is 0 Å². The molecule has 0 spiro atoms. The minimum absolute atomic E-state index is 0.0830. The molecule has 6 heteroatoms. The van der Waals surface area contributed by atoms with Gasteiger partial charge in [0.15, 0.2) is 0 Å². The summed E-state index contributed by atoms with van der Waals surface area (Å²) < 4.78 is 0. The maximum atomic E-state index is 12.3. The van der Waals surface area contributed by atoms with E-state index in [9.17, 15) is 9.59 Å². The Balaban J connectivity index is 1.45. The number of piperidine rings is 1. The molecule has 1 aromatic rings. The molecular weight excluding hydrogens is 316 g/mol. The number of rotatable bonds is 5. The third kappa shape index (κ3) is 4.65. The van der Waals surface area contributed by atoms with E-state index in [1.165, 1.54) is 18.5 Å². The molecule has 1 N–H and O–H groups in total. The number of benzene rings is 1. The molecule has 3 rings (SSSR count). The average Bonchev–Trinajstić information content (AvgIpc) is 2.67. The van der Waals surface area contributed by atoms with Gasteiger partial charge in [0, 0.05) is 50.6 Å². The Morgan fingerprint density at radius 3 is 2.32 bits per heavy atom. The number of piperazine rings is 1. The quantitative estimate of drug-likeness (QED) is 0.825. The van der Waals surface area contributed by atoms with Crippen molar-refractivity contribution < 1.29 is 9.59 Å². The van der Waals surface area contributed by atoms with Crippen LogP contribution in [0.1, 0.15) is 19.8 Å². The zero-order valence-corrected chi connectivity index (χ0v) is 15.0. The van der Waals surface area contributed by atoms with Crippen LogP contribution in [0.25, 0.3) is 0 Å². The van der Waals surface area contributed by atoms with Gasteiger partial charge in [-0.05, 0) is 43.0 Å². The largest absolute Gasteiger partial charge is 0.376 e. The van der Waals surface area contributed by atoms with Crippen LogP contribution in [-0.4, -0.2) is 67.9 Å². The summed E-state index contributed by atoms with van der Waals surface area (Å²) in [6.07, 6.45) is 3.36. The Bertz CT molecular complexity index is 574. The van der Waals surface area contributed by atoms with Crippen LogP contribution in [-0.2, 0) is 9.59 Å². The summed E-state index contributed by atoms with van der Waals surface area (Å²) in [6.45, 7) is 7.34. The molecule has 25 heavy (non-hydrogen) atoms. The highest BCUT2D eigenvalue weighted by Crippen LogP contribution is 2.24. The van der Waals surface area contributed by atoms with E-state index < -0.39 is 0 Å². The van der Waals surface area contributed by atoms with Crippen LogP contribution in [0.2, 0.25) is 0 Å². The van der Waals surface area contributed by atoms with Gasteiger partial charge in [-0.1, -0.05) is 6.92 Å². The second kappa shape index (κ2) is 8.23. The highest BCUT2D eigenvalue weighted by atomic mass is 16.2. The molecule has 2 saturated heterocycles. The molecule has 0 aliphatic carbocycles. The molecule has 2 aliphatic heterocycles. The zero-order valence-electron chi connectivity index (χ0n) is 15.0. The standard InChI is InChI=1S/C19H28N4O2/c1-16-6-8-22(9-7-16)18-4-2-17(3-5-18)20-14-19(25)23-12-10-21(15-24)11-13-23/h2-5,15-16,20H,6-14H2,1H3. The van der Waals surface area contributed by atoms with E-state index in [4.69, 9.17) is 0 Å². The van der Waals surface area contributed by atoms with E-state index in [1.54, 1.807) is 4.90 Å². The van der Waals surface area contributed by atoms with Gasteiger partial charge in [0.2, 0.25) is 12.3 Å². The predicted octanol–water partition coefficient (Wildman–Crippen LogP) is 1.64. The zero-order chi connectivity index (χ0) is 17.6. The van der Waals surface area contributed by atoms with Crippen molar-refractivity contribution in [3.05, 3.63) is 24.3 Å². The van der Waals surface area contributed by atoms with Gasteiger partial charge in [0.1, 0.15) is 0 Å². The first-order valence-corrected chi connectivity index (χ1v) is 9.21. The van der Waals surface area contributed by atoms with E-state index in [0.717, 1.165) is 31.1 Å². The Hall–Kier alpha value is -2.24. The van der Waals surface area contributed by atoms with Crippen molar-refractivity contribution in [2.45, 2.75) is 19.8 Å². The van der Waals surface area contributed by atoms with Crippen molar-refractivity contribution >= 4 is 23.7 Å². The highest BCUT2D eigenvalue weighted by Gasteiger charge is 2.20. The summed E-state index contributed by atoms with van der Waals surface area (Å²) in [5.74, 6) is 0.913. The van der Waals surface area contributed by atoms with Gasteiger partial charge < -0.3 is 20.0 Å². The van der Waals surface area contributed by atoms with Gasteiger partial charge in [0.25, 0.3) is 0 Å². The number of anilines is 2. The number of nitrogens with one attached hydrogen (secondary N) is 1. The van der Waals surface area contributed by atoms with Crippen LogP contribution >= 0.6 is 0 Å². The molecule has 136 valence electrons. The summed E-state index contributed by atoms with van der Waals surface area (Å²) >= 11 is 0. The normalized spacial score (nSPS) is 19.0. The Labute approximate surface area is 149 Å². The van der Waals surface area contributed by atoms with Crippen LogP contribution in [0.5, 0.6) is 0 Å². The highest BCUT2D eigenvalue weighted by molar-refractivity contribution is 5.81. The van der Waals surface area contributed by atoms with Gasteiger partial charge in [-0.2, -0.15) is 0 Å². The molecule has 0 radical (unpaired) electrons. The van der Waals surface area contributed by atoms with Crippen LogP contribution in [0.4, 0.5) is 11.4 Å². The van der Waals surface area contributed by atoms with Crippen molar-refractivity contribution in [1.29, 1.82) is 0 Å². The van der Waals surface area contributed by atoms with Crippen molar-refractivity contribution in [2.75, 3.05) is 56.0 Å². The van der Waals surface area contributed by atoms with E-state index >= 15 is 0 Å². The molecule has 2 amide bonds. The Kier molecular flexibility index (Phi) is 5.79.